The second-order valence-corrected chi connectivity index (χ2v) is 0.971. The van der Waals surface area contributed by atoms with Gasteiger partial charge in [-0.3, -0.25) is 0 Å². The highest BCUT2D eigenvalue weighted by Crippen LogP contribution is 1.94. The van der Waals surface area contributed by atoms with Crippen molar-refractivity contribution < 1.29 is 9.50 Å². The van der Waals surface area contributed by atoms with Crippen LogP contribution < -0.4 is 0 Å². The highest BCUT2D eigenvalue weighted by atomic mass is 19.1. The molecule has 0 saturated heterocycles. The van der Waals surface area contributed by atoms with Gasteiger partial charge in [0, 0.05) is 6.42 Å². The molecule has 0 amide bonds. The maximum absolute atomic E-state index is 11.3. The molecule has 0 fully saturated rings. The number of hydrogen-bond acceptors (Lipinski definition) is 0. The van der Waals surface area contributed by atoms with Crippen LogP contribution in [0.5, 0.6) is 0 Å². The van der Waals surface area contributed by atoms with Crippen LogP contribution >= 0.6 is 0 Å². The first-order valence-electron chi connectivity index (χ1n) is 1.68. The predicted octanol–water partition coefficient (Wildman–Crippen LogP) is 1.29. The number of hydrogen-bond donors (Lipinski definition) is 0. The van der Waals surface area contributed by atoms with E-state index in [1.165, 1.54) is 0 Å². The van der Waals surface area contributed by atoms with E-state index in [0.717, 1.165) is 0 Å². The molecule has 0 atom stereocenters. The van der Waals surface area contributed by atoms with E-state index in [-0.39, 0.29) is 6.42 Å². The van der Waals surface area contributed by atoms with Gasteiger partial charge < -0.3 is 0 Å². The van der Waals surface area contributed by atoms with E-state index in [9.17, 15) is 9.50 Å². The molecule has 0 aromatic rings. The first kappa shape index (κ1) is 5.63. The molecular weight excluding hydrogens is 83.0 g/mol. The van der Waals surface area contributed by atoms with Crippen LogP contribution in [0.3, 0.4) is 0 Å². The van der Waals surface area contributed by atoms with Crippen LogP contribution in [-0.4, -0.2) is 6.61 Å². The van der Waals surface area contributed by atoms with Crippen molar-refractivity contribution in [3.8, 4) is 0 Å². The molecule has 0 aliphatic rings. The zero-order valence-electron chi connectivity index (χ0n) is 3.41. The second kappa shape index (κ2) is 2.85. The lowest BCUT2D eigenvalue weighted by Gasteiger charge is -1.80. The molecule has 0 aliphatic heterocycles. The average Bonchev–Trinajstić information content (AvgIpc) is 1.35. The van der Waals surface area contributed by atoms with Gasteiger partial charge in [-0.1, -0.05) is 6.58 Å². The van der Waals surface area contributed by atoms with Crippen molar-refractivity contribution in [3.63, 3.8) is 0 Å². The summed E-state index contributed by atoms with van der Waals surface area (Å²) in [6, 6.07) is 0. The smallest absolute Gasteiger partial charge is 0.0952 e. The molecule has 2 heteroatoms. The van der Waals surface area contributed by atoms with Gasteiger partial charge >= 0.3 is 0 Å². The van der Waals surface area contributed by atoms with E-state index < -0.39 is 12.4 Å². The predicted molar refractivity (Wildman–Crippen MR) is 20.4 cm³/mol. The van der Waals surface area contributed by atoms with E-state index in [2.05, 4.69) is 6.58 Å². The van der Waals surface area contributed by atoms with E-state index >= 15 is 0 Å². The Labute approximate surface area is 36.1 Å². The lowest BCUT2D eigenvalue weighted by molar-refractivity contribution is 0.191. The Hall–Kier alpha value is -0.370. The minimum Gasteiger partial charge on any atom is -0.236 e. The summed E-state index contributed by atoms with van der Waals surface area (Å²) >= 11 is 0. The fourth-order valence-electron chi connectivity index (χ4n) is 0.111. The Morgan fingerprint density at radius 2 is 2.33 bits per heavy atom. The van der Waals surface area contributed by atoms with Gasteiger partial charge in [-0.05, 0) is 0 Å². The van der Waals surface area contributed by atoms with Crippen LogP contribution in [0.4, 0.5) is 4.39 Å². The summed E-state index contributed by atoms with van der Waals surface area (Å²) in [6.07, 6.45) is -0.0417. The molecule has 0 rings (SSSR count). The molecule has 6 heavy (non-hydrogen) atoms. The normalized spacial score (nSPS) is 8.33. The summed E-state index contributed by atoms with van der Waals surface area (Å²) in [4.78, 5) is 0. The van der Waals surface area contributed by atoms with E-state index in [1.807, 2.05) is 0 Å². The van der Waals surface area contributed by atoms with Crippen LogP contribution in [0.2, 0.25) is 0 Å². The fraction of sp³-hybridized carbons (Fsp3) is 0.500. The first-order chi connectivity index (χ1) is 2.77. The molecule has 35 valence electrons. The minimum atomic E-state index is -0.523. The van der Waals surface area contributed by atoms with Gasteiger partial charge in [-0.25, -0.2) is 9.50 Å². The van der Waals surface area contributed by atoms with Gasteiger partial charge in [0.25, 0.3) is 0 Å². The van der Waals surface area contributed by atoms with Gasteiger partial charge in [0.15, 0.2) is 0 Å². The first-order valence-corrected chi connectivity index (χ1v) is 1.68. The van der Waals surface area contributed by atoms with E-state index in [4.69, 9.17) is 0 Å². The summed E-state index contributed by atoms with van der Waals surface area (Å²) in [6.45, 7) is 2.48. The molecule has 0 saturated carbocycles. The van der Waals surface area contributed by atoms with Crippen LogP contribution in [0.1, 0.15) is 6.42 Å². The largest absolute Gasteiger partial charge is 0.236 e. The van der Waals surface area contributed by atoms with Crippen molar-refractivity contribution in [3.05, 3.63) is 12.4 Å². The Balaban J connectivity index is 2.83. The van der Waals surface area contributed by atoms with Crippen LogP contribution in [0.25, 0.3) is 0 Å². The minimum absolute atomic E-state index is 0.0417. The van der Waals surface area contributed by atoms with Crippen molar-refractivity contribution in [1.29, 1.82) is 0 Å². The monoisotopic (exact) mass is 89.0 g/mol. The number of halogens is 1. The number of rotatable bonds is 2. The zero-order chi connectivity index (χ0) is 4.99. The van der Waals surface area contributed by atoms with E-state index in [0.29, 0.717) is 0 Å². The lowest BCUT2D eigenvalue weighted by atomic mass is 10.4. The average molecular weight is 89.1 g/mol. The van der Waals surface area contributed by atoms with Crippen molar-refractivity contribution in [2.45, 2.75) is 6.42 Å². The molecule has 0 aliphatic carbocycles. The van der Waals surface area contributed by atoms with Crippen molar-refractivity contribution >= 4 is 0 Å². The van der Waals surface area contributed by atoms with Gasteiger partial charge in [0.1, 0.15) is 0 Å². The maximum atomic E-state index is 11.3. The summed E-state index contributed by atoms with van der Waals surface area (Å²) in [5.74, 6) is -0.523. The SMILES string of the molecule is C=C(F)CC[O]. The maximum Gasteiger partial charge on any atom is 0.0952 e. The highest BCUT2D eigenvalue weighted by Gasteiger charge is 1.84. The summed E-state index contributed by atoms with van der Waals surface area (Å²) in [7, 11) is 0. The Morgan fingerprint density at radius 3 is 2.33 bits per heavy atom. The molecular formula is C4H6FO. The molecule has 0 spiro atoms. The molecule has 1 radical (unpaired) electrons. The molecule has 0 N–H and O–H groups in total. The van der Waals surface area contributed by atoms with Crippen molar-refractivity contribution in [2.24, 2.45) is 0 Å². The molecule has 0 aromatic carbocycles. The van der Waals surface area contributed by atoms with E-state index in [1.54, 1.807) is 0 Å². The van der Waals surface area contributed by atoms with Gasteiger partial charge in [0.05, 0.1) is 12.4 Å². The van der Waals surface area contributed by atoms with Gasteiger partial charge in [-0.15, -0.1) is 0 Å². The third-order valence-corrected chi connectivity index (χ3v) is 0.373. The van der Waals surface area contributed by atoms with Crippen LogP contribution in [-0.2, 0) is 5.11 Å². The van der Waals surface area contributed by atoms with Gasteiger partial charge in [-0.2, -0.15) is 0 Å². The molecule has 0 heterocycles. The summed E-state index contributed by atoms with van der Waals surface area (Å²) in [5, 5.41) is 9.44. The molecule has 1 nitrogen and oxygen atoms in total. The van der Waals surface area contributed by atoms with Gasteiger partial charge in [0.2, 0.25) is 0 Å². The van der Waals surface area contributed by atoms with Crippen LogP contribution in [0, 0.1) is 0 Å². The summed E-state index contributed by atoms with van der Waals surface area (Å²) in [5.41, 5.74) is 0. The van der Waals surface area contributed by atoms with Crippen molar-refractivity contribution in [1.82, 2.24) is 0 Å². The topological polar surface area (TPSA) is 19.9 Å². The quantitative estimate of drug-likeness (QED) is 0.485. The molecule has 0 unspecified atom stereocenters. The second-order valence-electron chi connectivity index (χ2n) is 0.971. The zero-order valence-corrected chi connectivity index (χ0v) is 3.41. The standard InChI is InChI=1S/C4H6FO/c1-4(5)2-3-6/h1-3H2. The van der Waals surface area contributed by atoms with Crippen LogP contribution in [0.15, 0.2) is 12.4 Å². The Morgan fingerprint density at radius 1 is 1.83 bits per heavy atom. The molecule has 0 bridgehead atoms. The highest BCUT2D eigenvalue weighted by molar-refractivity contribution is 4.77. The Bertz CT molecular complexity index is 51.5. The fourth-order valence-corrected chi connectivity index (χ4v) is 0.111. The molecule has 0 aromatic heterocycles. The lowest BCUT2D eigenvalue weighted by Crippen LogP contribution is -1.76. The third kappa shape index (κ3) is 3.63. The van der Waals surface area contributed by atoms with Crippen molar-refractivity contribution in [2.75, 3.05) is 6.61 Å². The summed E-state index contributed by atoms with van der Waals surface area (Å²) < 4.78 is 11.3. The third-order valence-electron chi connectivity index (χ3n) is 0.373. The Kier molecular flexibility index (Phi) is 2.67.